The molecule has 1 aliphatic heterocycles. The van der Waals surface area contributed by atoms with E-state index in [1.54, 1.807) is 0 Å². The Morgan fingerprint density at radius 1 is 1.35 bits per heavy atom. The van der Waals surface area contributed by atoms with E-state index in [9.17, 15) is 0 Å². The maximum Gasteiger partial charge on any atom is 0.138 e. The first kappa shape index (κ1) is 14.2. The topological polar surface area (TPSA) is 38.5 Å². The average molecular weight is 295 g/mol. The number of nitrogens with two attached hydrogens (primary N) is 1. The monoisotopic (exact) mass is 294 g/mol. The quantitative estimate of drug-likeness (QED) is 0.907. The summed E-state index contributed by atoms with van der Waals surface area (Å²) in [6.45, 7) is 2.64. The zero-order chi connectivity index (χ0) is 14.1. The third-order valence-electron chi connectivity index (χ3n) is 4.48. The molecule has 110 valence electrons. The Kier molecular flexibility index (Phi) is 4.20. The first-order valence-electron chi connectivity index (χ1n) is 7.50. The summed E-state index contributed by atoms with van der Waals surface area (Å²) in [6, 6.07) is 6.63. The second kappa shape index (κ2) is 5.92. The average Bonchev–Trinajstić information content (AvgIpc) is 3.20. The smallest absolute Gasteiger partial charge is 0.138 e. The lowest BCUT2D eigenvalue weighted by atomic mass is 10.00. The largest absolute Gasteiger partial charge is 0.492 e. The van der Waals surface area contributed by atoms with E-state index in [-0.39, 0.29) is 0 Å². The Morgan fingerprint density at radius 3 is 2.80 bits per heavy atom. The molecule has 20 heavy (non-hydrogen) atoms. The predicted molar refractivity (Wildman–Crippen MR) is 82.2 cm³/mol. The first-order chi connectivity index (χ1) is 9.67. The number of halogens is 1. The van der Waals surface area contributed by atoms with Crippen LogP contribution in [0.25, 0.3) is 0 Å². The van der Waals surface area contributed by atoms with Crippen LogP contribution in [0.2, 0.25) is 5.02 Å². The van der Waals surface area contributed by atoms with Crippen LogP contribution in [0.15, 0.2) is 18.2 Å². The molecule has 0 aromatic heterocycles. The van der Waals surface area contributed by atoms with Gasteiger partial charge in [0.1, 0.15) is 5.75 Å². The summed E-state index contributed by atoms with van der Waals surface area (Å²) in [6.07, 6.45) is 3.71. The van der Waals surface area contributed by atoms with E-state index in [1.807, 2.05) is 6.07 Å². The highest BCUT2D eigenvalue weighted by Gasteiger charge is 2.30. The summed E-state index contributed by atoms with van der Waals surface area (Å²) in [7, 11) is 2.17. The number of hydrogen-bond acceptors (Lipinski definition) is 3. The summed E-state index contributed by atoms with van der Waals surface area (Å²) in [5.74, 6) is 2.17. The highest BCUT2D eigenvalue weighted by molar-refractivity contribution is 6.32. The van der Waals surface area contributed by atoms with Gasteiger partial charge in [0.2, 0.25) is 0 Å². The van der Waals surface area contributed by atoms with E-state index in [1.165, 1.54) is 18.4 Å². The summed E-state index contributed by atoms with van der Waals surface area (Å²) in [4.78, 5) is 2.38. The van der Waals surface area contributed by atoms with Gasteiger partial charge in [-0.05, 0) is 62.4 Å². The molecule has 2 fully saturated rings. The Labute approximate surface area is 126 Å². The summed E-state index contributed by atoms with van der Waals surface area (Å²) in [5, 5.41) is 0.713. The summed E-state index contributed by atoms with van der Waals surface area (Å²) < 4.78 is 5.87. The van der Waals surface area contributed by atoms with Crippen molar-refractivity contribution in [3.63, 3.8) is 0 Å². The van der Waals surface area contributed by atoms with Crippen LogP contribution >= 0.6 is 11.6 Å². The van der Waals surface area contributed by atoms with Gasteiger partial charge in [0.05, 0.1) is 11.6 Å². The van der Waals surface area contributed by atoms with Gasteiger partial charge in [0.15, 0.2) is 0 Å². The van der Waals surface area contributed by atoms with Crippen molar-refractivity contribution in [1.82, 2.24) is 4.90 Å². The van der Waals surface area contributed by atoms with E-state index in [4.69, 9.17) is 22.1 Å². The number of hydrogen-bond donors (Lipinski definition) is 1. The van der Waals surface area contributed by atoms with Crippen molar-refractivity contribution in [2.45, 2.75) is 25.3 Å². The van der Waals surface area contributed by atoms with Crippen molar-refractivity contribution < 1.29 is 4.74 Å². The predicted octanol–water partition coefficient (Wildman–Crippen LogP) is 3.08. The third-order valence-corrected chi connectivity index (χ3v) is 4.79. The lowest BCUT2D eigenvalue weighted by Gasteiger charge is -2.20. The minimum absolute atomic E-state index is 0.434. The zero-order valence-electron chi connectivity index (χ0n) is 12.0. The Hall–Kier alpha value is -0.770. The minimum atomic E-state index is 0.434. The van der Waals surface area contributed by atoms with Crippen LogP contribution < -0.4 is 10.5 Å². The molecule has 1 saturated carbocycles. The van der Waals surface area contributed by atoms with E-state index in [0.717, 1.165) is 37.8 Å². The van der Waals surface area contributed by atoms with Crippen LogP contribution in [0.3, 0.4) is 0 Å². The molecule has 0 bridgehead atoms. The molecule has 0 radical (unpaired) electrons. The fourth-order valence-electron chi connectivity index (χ4n) is 3.00. The molecule has 4 heteroatoms. The molecule has 3 nitrogen and oxygen atoms in total. The molecule has 2 unspecified atom stereocenters. The van der Waals surface area contributed by atoms with E-state index in [2.05, 4.69) is 24.1 Å². The normalized spacial score (nSPS) is 26.9. The van der Waals surface area contributed by atoms with Crippen LogP contribution in [0.5, 0.6) is 5.75 Å². The molecule has 1 aromatic rings. The Bertz CT molecular complexity index is 476. The Morgan fingerprint density at radius 2 is 2.15 bits per heavy atom. The SMILES string of the molecule is CN1CC(CN)CC1c1ccc(Cl)c(OCC2CC2)c1. The highest BCUT2D eigenvalue weighted by atomic mass is 35.5. The Balaban J connectivity index is 1.73. The second-order valence-electron chi connectivity index (χ2n) is 6.24. The summed E-state index contributed by atoms with van der Waals surface area (Å²) in [5.41, 5.74) is 7.10. The van der Waals surface area contributed by atoms with Crippen LogP contribution in [-0.2, 0) is 0 Å². The maximum absolute atomic E-state index is 6.24. The van der Waals surface area contributed by atoms with Gasteiger partial charge in [-0.25, -0.2) is 0 Å². The van der Waals surface area contributed by atoms with Gasteiger partial charge in [-0.2, -0.15) is 0 Å². The molecular weight excluding hydrogens is 272 g/mol. The standard InChI is InChI=1S/C16H23ClN2O/c1-19-9-12(8-18)6-15(19)13-4-5-14(17)16(7-13)20-10-11-2-3-11/h4-5,7,11-12,15H,2-3,6,8-10,18H2,1H3. The fraction of sp³-hybridized carbons (Fsp3) is 0.625. The molecule has 0 amide bonds. The van der Waals surface area contributed by atoms with Crippen molar-refractivity contribution >= 4 is 11.6 Å². The third kappa shape index (κ3) is 3.11. The van der Waals surface area contributed by atoms with Crippen molar-refractivity contribution in [3.05, 3.63) is 28.8 Å². The molecule has 2 aliphatic rings. The van der Waals surface area contributed by atoms with Crippen LogP contribution in [0.4, 0.5) is 0 Å². The maximum atomic E-state index is 6.24. The molecule has 3 rings (SSSR count). The fourth-order valence-corrected chi connectivity index (χ4v) is 3.17. The zero-order valence-corrected chi connectivity index (χ0v) is 12.8. The molecule has 1 aromatic carbocycles. The number of nitrogens with zero attached hydrogens (tertiary/aromatic N) is 1. The van der Waals surface area contributed by atoms with E-state index in [0.29, 0.717) is 17.0 Å². The van der Waals surface area contributed by atoms with Gasteiger partial charge in [0, 0.05) is 12.6 Å². The highest BCUT2D eigenvalue weighted by Crippen LogP contribution is 2.38. The van der Waals surface area contributed by atoms with Crippen LogP contribution in [0, 0.1) is 11.8 Å². The lowest BCUT2D eigenvalue weighted by molar-refractivity contribution is 0.294. The van der Waals surface area contributed by atoms with Crippen molar-refractivity contribution in [1.29, 1.82) is 0 Å². The molecule has 1 aliphatic carbocycles. The van der Waals surface area contributed by atoms with Gasteiger partial charge in [-0.1, -0.05) is 17.7 Å². The molecule has 2 atom stereocenters. The minimum Gasteiger partial charge on any atom is -0.492 e. The first-order valence-corrected chi connectivity index (χ1v) is 7.87. The van der Waals surface area contributed by atoms with Crippen LogP contribution in [0.1, 0.15) is 30.9 Å². The number of likely N-dealkylation sites (tertiary alicyclic amines) is 1. The van der Waals surface area contributed by atoms with Crippen molar-refractivity contribution in [2.24, 2.45) is 17.6 Å². The van der Waals surface area contributed by atoms with Crippen molar-refractivity contribution in [2.75, 3.05) is 26.7 Å². The molecular formula is C16H23ClN2O. The van der Waals surface area contributed by atoms with Gasteiger partial charge in [0.25, 0.3) is 0 Å². The van der Waals surface area contributed by atoms with Crippen LogP contribution in [-0.4, -0.2) is 31.6 Å². The number of ether oxygens (including phenoxy) is 1. The van der Waals surface area contributed by atoms with Gasteiger partial charge in [-0.3, -0.25) is 4.90 Å². The van der Waals surface area contributed by atoms with E-state index < -0.39 is 0 Å². The van der Waals surface area contributed by atoms with E-state index >= 15 is 0 Å². The van der Waals surface area contributed by atoms with Crippen molar-refractivity contribution in [3.8, 4) is 5.75 Å². The second-order valence-corrected chi connectivity index (χ2v) is 6.64. The lowest BCUT2D eigenvalue weighted by Crippen LogP contribution is -2.20. The molecule has 1 heterocycles. The summed E-state index contributed by atoms with van der Waals surface area (Å²) >= 11 is 6.24. The molecule has 2 N–H and O–H groups in total. The number of benzene rings is 1. The molecule has 1 saturated heterocycles. The molecule has 0 spiro atoms. The van der Waals surface area contributed by atoms with Gasteiger partial charge >= 0.3 is 0 Å². The number of rotatable bonds is 5. The van der Waals surface area contributed by atoms with Gasteiger partial charge < -0.3 is 10.5 Å². The van der Waals surface area contributed by atoms with Gasteiger partial charge in [-0.15, -0.1) is 0 Å².